The lowest BCUT2D eigenvalue weighted by Crippen LogP contribution is -2.02. The zero-order chi connectivity index (χ0) is 25.0. The third kappa shape index (κ3) is 3.83. The van der Waals surface area contributed by atoms with Crippen molar-refractivity contribution in [3.05, 3.63) is 83.7 Å². The molecule has 0 bridgehead atoms. The Morgan fingerprint density at radius 1 is 0.750 bits per heavy atom. The topological polar surface area (TPSA) is 38.9 Å². The number of rotatable bonds is 5. The molecule has 0 spiro atoms. The van der Waals surface area contributed by atoms with Gasteiger partial charge in [-0.2, -0.15) is 0 Å². The van der Waals surface area contributed by atoms with E-state index in [1.807, 2.05) is 19.1 Å². The van der Waals surface area contributed by atoms with Crippen molar-refractivity contribution in [1.82, 2.24) is 9.97 Å². The fraction of sp³-hybridized carbons (Fsp3) is 0.273. The SMILES string of the molecule is Cc1nc(-c2cccc3c2oc2ccccc23)c2ccc3cc(CC(C)C)cc(CC(C)C)c3c2n1. The van der Waals surface area contributed by atoms with Crippen LogP contribution < -0.4 is 0 Å². The predicted molar refractivity (Wildman–Crippen MR) is 152 cm³/mol. The summed E-state index contributed by atoms with van der Waals surface area (Å²) >= 11 is 0. The maximum atomic E-state index is 6.38. The van der Waals surface area contributed by atoms with Crippen molar-refractivity contribution in [3.63, 3.8) is 0 Å². The van der Waals surface area contributed by atoms with Gasteiger partial charge in [-0.05, 0) is 66.3 Å². The number of aromatic nitrogens is 2. The number of furan rings is 1. The Hall–Kier alpha value is -3.72. The minimum Gasteiger partial charge on any atom is -0.455 e. The summed E-state index contributed by atoms with van der Waals surface area (Å²) in [7, 11) is 0. The first-order valence-electron chi connectivity index (χ1n) is 13.0. The average molecular weight is 473 g/mol. The van der Waals surface area contributed by atoms with Crippen molar-refractivity contribution in [2.24, 2.45) is 11.8 Å². The molecule has 0 unspecified atom stereocenters. The number of nitrogens with zero attached hydrogens (tertiary/aromatic N) is 2. The number of aryl methyl sites for hydroxylation is 1. The van der Waals surface area contributed by atoms with Crippen LogP contribution in [-0.2, 0) is 12.8 Å². The van der Waals surface area contributed by atoms with E-state index in [0.717, 1.165) is 62.8 Å². The van der Waals surface area contributed by atoms with Crippen molar-refractivity contribution in [2.45, 2.75) is 47.5 Å². The molecule has 0 aliphatic heterocycles. The van der Waals surface area contributed by atoms with Gasteiger partial charge in [-0.1, -0.05) is 76.2 Å². The molecule has 0 fully saturated rings. The summed E-state index contributed by atoms with van der Waals surface area (Å²) < 4.78 is 6.38. The van der Waals surface area contributed by atoms with Crippen molar-refractivity contribution >= 4 is 43.6 Å². The summed E-state index contributed by atoms with van der Waals surface area (Å²) in [5.41, 5.74) is 7.56. The second-order valence-corrected chi connectivity index (χ2v) is 10.9. The molecule has 0 atom stereocenters. The lowest BCUT2D eigenvalue weighted by Gasteiger charge is -2.16. The first kappa shape index (κ1) is 22.7. The number of para-hydroxylation sites is 2. The molecule has 0 radical (unpaired) electrons. The molecule has 0 aliphatic carbocycles. The fourth-order valence-corrected chi connectivity index (χ4v) is 5.65. The van der Waals surface area contributed by atoms with Crippen LogP contribution in [0.5, 0.6) is 0 Å². The van der Waals surface area contributed by atoms with Gasteiger partial charge in [-0.15, -0.1) is 0 Å². The van der Waals surface area contributed by atoms with Crippen LogP contribution in [0.1, 0.15) is 44.6 Å². The van der Waals surface area contributed by atoms with Crippen molar-refractivity contribution < 1.29 is 4.42 Å². The van der Waals surface area contributed by atoms with Gasteiger partial charge >= 0.3 is 0 Å². The van der Waals surface area contributed by atoms with E-state index in [4.69, 9.17) is 14.4 Å². The smallest absolute Gasteiger partial charge is 0.144 e. The Kier molecular flexibility index (Phi) is 5.52. The summed E-state index contributed by atoms with van der Waals surface area (Å²) in [5, 5.41) is 5.85. The Morgan fingerprint density at radius 2 is 1.53 bits per heavy atom. The Balaban J connectivity index is 1.67. The van der Waals surface area contributed by atoms with Gasteiger partial charge in [0, 0.05) is 27.1 Å². The van der Waals surface area contributed by atoms with Gasteiger partial charge < -0.3 is 4.42 Å². The van der Waals surface area contributed by atoms with E-state index in [1.54, 1.807) is 0 Å². The second-order valence-electron chi connectivity index (χ2n) is 10.9. The first-order valence-corrected chi connectivity index (χ1v) is 13.0. The largest absolute Gasteiger partial charge is 0.455 e. The van der Waals surface area contributed by atoms with Gasteiger partial charge in [0.25, 0.3) is 0 Å². The molecular formula is C33H32N2O. The quantitative estimate of drug-likeness (QED) is 0.235. The van der Waals surface area contributed by atoms with E-state index in [1.165, 1.54) is 21.9 Å². The molecule has 6 rings (SSSR count). The molecule has 6 aromatic rings. The third-order valence-corrected chi connectivity index (χ3v) is 6.97. The summed E-state index contributed by atoms with van der Waals surface area (Å²) in [5.74, 6) is 1.96. The minimum atomic E-state index is 0.560. The molecule has 0 N–H and O–H groups in total. The van der Waals surface area contributed by atoms with Crippen LogP contribution in [0, 0.1) is 18.8 Å². The molecule has 2 aromatic heterocycles. The molecule has 0 saturated carbocycles. The summed E-state index contributed by atoms with van der Waals surface area (Å²) in [4.78, 5) is 10.0. The maximum Gasteiger partial charge on any atom is 0.144 e. The Labute approximate surface area is 212 Å². The monoisotopic (exact) mass is 472 g/mol. The number of hydrogen-bond donors (Lipinski definition) is 0. The highest BCUT2D eigenvalue weighted by molar-refractivity contribution is 6.15. The predicted octanol–water partition coefficient (Wildman–Crippen LogP) is 9.05. The van der Waals surface area contributed by atoms with Crippen LogP contribution in [0.25, 0.3) is 54.9 Å². The average Bonchev–Trinajstić information content (AvgIpc) is 3.21. The normalized spacial score (nSPS) is 12.2. The highest BCUT2D eigenvalue weighted by Crippen LogP contribution is 2.39. The van der Waals surface area contributed by atoms with E-state index in [9.17, 15) is 0 Å². The first-order chi connectivity index (χ1) is 17.4. The van der Waals surface area contributed by atoms with E-state index >= 15 is 0 Å². The minimum absolute atomic E-state index is 0.560. The fourth-order valence-electron chi connectivity index (χ4n) is 5.65. The van der Waals surface area contributed by atoms with Crippen LogP contribution in [0.2, 0.25) is 0 Å². The standard InChI is InChI=1S/C33H32N2O/c1-19(2)15-22-17-23-13-14-27-31(34-21(5)35-32(27)30(23)24(18-22)16-20(3)4)28-11-8-10-26-25-9-6-7-12-29(25)36-33(26)28/h6-14,17-20H,15-16H2,1-5H3. The van der Waals surface area contributed by atoms with Gasteiger partial charge in [0.1, 0.15) is 17.0 Å². The highest BCUT2D eigenvalue weighted by atomic mass is 16.3. The third-order valence-electron chi connectivity index (χ3n) is 6.97. The molecule has 180 valence electrons. The summed E-state index contributed by atoms with van der Waals surface area (Å²) in [6, 6.07) is 23.8. The van der Waals surface area contributed by atoms with Gasteiger partial charge in [-0.25, -0.2) is 9.97 Å². The Morgan fingerprint density at radius 3 is 2.33 bits per heavy atom. The highest BCUT2D eigenvalue weighted by Gasteiger charge is 2.19. The van der Waals surface area contributed by atoms with E-state index in [-0.39, 0.29) is 0 Å². The number of benzene rings is 4. The van der Waals surface area contributed by atoms with E-state index in [0.29, 0.717) is 11.8 Å². The van der Waals surface area contributed by atoms with Crippen molar-refractivity contribution in [3.8, 4) is 11.3 Å². The molecule has 4 aromatic carbocycles. The van der Waals surface area contributed by atoms with Crippen LogP contribution >= 0.6 is 0 Å². The molecule has 36 heavy (non-hydrogen) atoms. The Bertz CT molecular complexity index is 1760. The zero-order valence-electron chi connectivity index (χ0n) is 21.7. The number of hydrogen-bond acceptors (Lipinski definition) is 3. The molecule has 0 saturated heterocycles. The van der Waals surface area contributed by atoms with Gasteiger partial charge in [-0.3, -0.25) is 0 Å². The number of fused-ring (bicyclic) bond motifs is 6. The van der Waals surface area contributed by atoms with Gasteiger partial charge in [0.2, 0.25) is 0 Å². The lowest BCUT2D eigenvalue weighted by molar-refractivity contribution is 0.638. The molecule has 0 amide bonds. The molecular weight excluding hydrogens is 440 g/mol. The molecule has 0 aliphatic rings. The van der Waals surface area contributed by atoms with Crippen LogP contribution in [0.15, 0.2) is 71.1 Å². The van der Waals surface area contributed by atoms with Gasteiger partial charge in [0.15, 0.2) is 0 Å². The van der Waals surface area contributed by atoms with Crippen LogP contribution in [0.4, 0.5) is 0 Å². The van der Waals surface area contributed by atoms with Crippen molar-refractivity contribution in [1.29, 1.82) is 0 Å². The van der Waals surface area contributed by atoms with Crippen LogP contribution in [0.3, 0.4) is 0 Å². The summed E-state index contributed by atoms with van der Waals surface area (Å²) in [6.45, 7) is 11.2. The maximum absolute atomic E-state index is 6.38. The summed E-state index contributed by atoms with van der Waals surface area (Å²) in [6.07, 6.45) is 2.11. The van der Waals surface area contributed by atoms with Crippen molar-refractivity contribution in [2.75, 3.05) is 0 Å². The second kappa shape index (κ2) is 8.74. The zero-order valence-corrected chi connectivity index (χ0v) is 21.7. The lowest BCUT2D eigenvalue weighted by atomic mass is 9.90. The van der Waals surface area contributed by atoms with E-state index < -0.39 is 0 Å². The molecule has 3 heteroatoms. The van der Waals surface area contributed by atoms with Gasteiger partial charge in [0.05, 0.1) is 11.2 Å². The molecule has 2 heterocycles. The van der Waals surface area contributed by atoms with Crippen LogP contribution in [-0.4, -0.2) is 9.97 Å². The molecule has 3 nitrogen and oxygen atoms in total. The van der Waals surface area contributed by atoms with E-state index in [2.05, 4.69) is 82.3 Å².